The zero-order valence-corrected chi connectivity index (χ0v) is 11.4. The van der Waals surface area contributed by atoms with Crippen molar-refractivity contribution in [1.29, 1.82) is 0 Å². The maximum absolute atomic E-state index is 9.58. The molecule has 2 rings (SSSR count). The molecule has 1 aromatic heterocycles. The van der Waals surface area contributed by atoms with Crippen molar-refractivity contribution in [3.05, 3.63) is 28.5 Å². The molecule has 17 heavy (non-hydrogen) atoms. The number of rotatable bonds is 3. The Labute approximate surface area is 110 Å². The molecule has 1 aliphatic rings. The number of aliphatic hydroxyl groups excluding tert-OH is 1. The van der Waals surface area contributed by atoms with E-state index >= 15 is 0 Å². The quantitative estimate of drug-likeness (QED) is 0.880. The van der Waals surface area contributed by atoms with Crippen LogP contribution in [0.2, 0.25) is 0 Å². The molecular weight excluding hydrogens is 282 g/mol. The molecule has 0 aromatic carbocycles. The molecule has 0 bridgehead atoms. The summed E-state index contributed by atoms with van der Waals surface area (Å²) < 4.78 is 0.968. The average molecular weight is 300 g/mol. The minimum absolute atomic E-state index is 0.0167. The molecule has 1 saturated heterocycles. The highest BCUT2D eigenvalue weighted by Crippen LogP contribution is 2.20. The molecule has 0 spiro atoms. The first-order chi connectivity index (χ1) is 8.31. The van der Waals surface area contributed by atoms with Gasteiger partial charge in [-0.15, -0.1) is 0 Å². The van der Waals surface area contributed by atoms with Crippen LogP contribution in [0.25, 0.3) is 0 Å². The standard InChI is InChI=1S/C12H18BrN3O/c13-10-2-3-11(15-8-10)12(9-17)16-6-1-4-14-5-7-16/h2-3,8,12,14,17H,1,4-7,9H2. The van der Waals surface area contributed by atoms with Gasteiger partial charge < -0.3 is 10.4 Å². The first-order valence-electron chi connectivity index (χ1n) is 5.98. The highest BCUT2D eigenvalue weighted by atomic mass is 79.9. The lowest BCUT2D eigenvalue weighted by Crippen LogP contribution is -2.34. The number of aromatic nitrogens is 1. The van der Waals surface area contributed by atoms with Gasteiger partial charge in [-0.05, 0) is 41.0 Å². The van der Waals surface area contributed by atoms with E-state index in [2.05, 4.69) is 31.1 Å². The summed E-state index contributed by atoms with van der Waals surface area (Å²) in [6.45, 7) is 4.13. The summed E-state index contributed by atoms with van der Waals surface area (Å²) in [6.07, 6.45) is 2.90. The van der Waals surface area contributed by atoms with E-state index < -0.39 is 0 Å². The molecule has 1 aliphatic heterocycles. The third-order valence-electron chi connectivity index (χ3n) is 3.08. The van der Waals surface area contributed by atoms with E-state index in [0.29, 0.717) is 0 Å². The molecule has 0 aliphatic carbocycles. The number of pyridine rings is 1. The van der Waals surface area contributed by atoms with Crippen LogP contribution in [0.5, 0.6) is 0 Å². The lowest BCUT2D eigenvalue weighted by atomic mass is 10.1. The molecule has 0 saturated carbocycles. The summed E-state index contributed by atoms with van der Waals surface area (Å²) in [5.74, 6) is 0. The summed E-state index contributed by atoms with van der Waals surface area (Å²) in [5.41, 5.74) is 0.942. The second kappa shape index (κ2) is 6.44. The third kappa shape index (κ3) is 3.48. The van der Waals surface area contributed by atoms with Crippen LogP contribution in [0, 0.1) is 0 Å². The van der Waals surface area contributed by atoms with Gasteiger partial charge in [-0.2, -0.15) is 0 Å². The number of aliphatic hydroxyl groups is 1. The van der Waals surface area contributed by atoms with E-state index in [1.807, 2.05) is 12.1 Å². The molecule has 5 heteroatoms. The summed E-state index contributed by atoms with van der Waals surface area (Å²) in [7, 11) is 0. The van der Waals surface area contributed by atoms with Crippen LogP contribution in [0.1, 0.15) is 18.2 Å². The summed E-state index contributed by atoms with van der Waals surface area (Å²) in [6, 6.07) is 3.97. The number of hydrogen-bond acceptors (Lipinski definition) is 4. The van der Waals surface area contributed by atoms with Crippen LogP contribution in [-0.2, 0) is 0 Å². The van der Waals surface area contributed by atoms with Crippen molar-refractivity contribution < 1.29 is 5.11 Å². The lowest BCUT2D eigenvalue weighted by Gasteiger charge is -2.28. The Kier molecular flexibility index (Phi) is 4.91. The largest absolute Gasteiger partial charge is 0.394 e. The molecule has 0 radical (unpaired) electrons. The van der Waals surface area contributed by atoms with Crippen molar-refractivity contribution in [2.24, 2.45) is 0 Å². The molecule has 1 atom stereocenters. The fourth-order valence-corrected chi connectivity index (χ4v) is 2.39. The fraction of sp³-hybridized carbons (Fsp3) is 0.583. The normalized spacial score (nSPS) is 19.9. The van der Waals surface area contributed by atoms with Gasteiger partial charge in [0.1, 0.15) is 0 Å². The molecule has 1 aromatic rings. The van der Waals surface area contributed by atoms with Crippen molar-refractivity contribution >= 4 is 15.9 Å². The Morgan fingerprint density at radius 3 is 3.00 bits per heavy atom. The van der Waals surface area contributed by atoms with E-state index in [1.165, 1.54) is 0 Å². The predicted molar refractivity (Wildman–Crippen MR) is 70.8 cm³/mol. The minimum atomic E-state index is 0.0167. The maximum atomic E-state index is 9.58. The van der Waals surface area contributed by atoms with Crippen LogP contribution < -0.4 is 5.32 Å². The molecule has 1 fully saturated rings. The monoisotopic (exact) mass is 299 g/mol. The van der Waals surface area contributed by atoms with Crippen LogP contribution in [0.4, 0.5) is 0 Å². The highest BCUT2D eigenvalue weighted by Gasteiger charge is 2.21. The lowest BCUT2D eigenvalue weighted by molar-refractivity contribution is 0.127. The van der Waals surface area contributed by atoms with Crippen LogP contribution in [0.15, 0.2) is 22.8 Å². The number of nitrogens with zero attached hydrogens (tertiary/aromatic N) is 2. The van der Waals surface area contributed by atoms with Crippen molar-refractivity contribution in [1.82, 2.24) is 15.2 Å². The Morgan fingerprint density at radius 1 is 1.41 bits per heavy atom. The van der Waals surface area contributed by atoms with Crippen molar-refractivity contribution in [2.75, 3.05) is 32.8 Å². The topological polar surface area (TPSA) is 48.4 Å². The number of nitrogens with one attached hydrogen (secondary N) is 1. The zero-order chi connectivity index (χ0) is 12.1. The van der Waals surface area contributed by atoms with E-state index in [4.69, 9.17) is 0 Å². The maximum Gasteiger partial charge on any atom is 0.0755 e. The van der Waals surface area contributed by atoms with Crippen molar-refractivity contribution in [2.45, 2.75) is 12.5 Å². The second-order valence-corrected chi connectivity index (χ2v) is 5.15. The van der Waals surface area contributed by atoms with E-state index in [9.17, 15) is 5.11 Å². The first kappa shape index (κ1) is 13.0. The molecule has 2 N–H and O–H groups in total. The van der Waals surface area contributed by atoms with E-state index in [1.54, 1.807) is 6.20 Å². The predicted octanol–water partition coefficient (Wildman–Crippen LogP) is 1.17. The molecule has 1 unspecified atom stereocenters. The van der Waals surface area contributed by atoms with Gasteiger partial charge in [-0.1, -0.05) is 0 Å². The second-order valence-electron chi connectivity index (χ2n) is 4.24. The highest BCUT2D eigenvalue weighted by molar-refractivity contribution is 9.10. The van der Waals surface area contributed by atoms with Gasteiger partial charge >= 0.3 is 0 Å². The van der Waals surface area contributed by atoms with Gasteiger partial charge in [0.05, 0.1) is 18.3 Å². The number of hydrogen-bond donors (Lipinski definition) is 2. The van der Waals surface area contributed by atoms with Gasteiger partial charge in [0.25, 0.3) is 0 Å². The molecule has 0 amide bonds. The van der Waals surface area contributed by atoms with Gasteiger partial charge in [0.2, 0.25) is 0 Å². The zero-order valence-electron chi connectivity index (χ0n) is 9.77. The first-order valence-corrected chi connectivity index (χ1v) is 6.77. The average Bonchev–Trinajstić information content (AvgIpc) is 2.62. The molecule has 4 nitrogen and oxygen atoms in total. The Morgan fingerprint density at radius 2 is 2.29 bits per heavy atom. The van der Waals surface area contributed by atoms with E-state index in [-0.39, 0.29) is 12.6 Å². The minimum Gasteiger partial charge on any atom is -0.394 e. The smallest absolute Gasteiger partial charge is 0.0755 e. The Bertz CT molecular complexity index is 336. The van der Waals surface area contributed by atoms with Crippen LogP contribution in [0.3, 0.4) is 0 Å². The summed E-state index contributed by atoms with van der Waals surface area (Å²) in [4.78, 5) is 6.69. The van der Waals surface area contributed by atoms with E-state index in [0.717, 1.165) is 42.8 Å². The van der Waals surface area contributed by atoms with Gasteiger partial charge in [-0.25, -0.2) is 0 Å². The van der Waals surface area contributed by atoms with Gasteiger partial charge in [-0.3, -0.25) is 9.88 Å². The van der Waals surface area contributed by atoms with Crippen molar-refractivity contribution in [3.63, 3.8) is 0 Å². The van der Waals surface area contributed by atoms with Gasteiger partial charge in [0.15, 0.2) is 0 Å². The third-order valence-corrected chi connectivity index (χ3v) is 3.55. The fourth-order valence-electron chi connectivity index (χ4n) is 2.16. The Hall–Kier alpha value is -0.490. The van der Waals surface area contributed by atoms with Crippen LogP contribution >= 0.6 is 15.9 Å². The summed E-state index contributed by atoms with van der Waals surface area (Å²) >= 11 is 3.38. The number of halogens is 1. The van der Waals surface area contributed by atoms with Crippen molar-refractivity contribution in [3.8, 4) is 0 Å². The SMILES string of the molecule is OCC(c1ccc(Br)cn1)N1CCCNCC1. The summed E-state index contributed by atoms with van der Waals surface area (Å²) in [5, 5.41) is 12.9. The Balaban J connectivity index is 2.11. The van der Waals surface area contributed by atoms with Gasteiger partial charge in [0, 0.05) is 30.3 Å². The van der Waals surface area contributed by atoms with Crippen LogP contribution in [-0.4, -0.2) is 47.8 Å². The molecule has 94 valence electrons. The molecular formula is C12H18BrN3O. The molecule has 2 heterocycles.